The van der Waals surface area contributed by atoms with Crippen molar-refractivity contribution < 1.29 is 19.1 Å². The molecule has 4 rings (SSSR count). The Kier molecular flexibility index (Phi) is 8.24. The summed E-state index contributed by atoms with van der Waals surface area (Å²) >= 11 is 2.78. The van der Waals surface area contributed by atoms with Crippen LogP contribution in [0.5, 0.6) is 11.5 Å². The van der Waals surface area contributed by atoms with Gasteiger partial charge in [0.05, 0.1) is 25.2 Å². The molecule has 1 atom stereocenters. The summed E-state index contributed by atoms with van der Waals surface area (Å²) < 4.78 is 10.4. The first-order chi connectivity index (χ1) is 17.4. The Balaban J connectivity index is 1.35. The largest absolute Gasteiger partial charge is 0.497 e. The van der Waals surface area contributed by atoms with Crippen LogP contribution in [0.25, 0.3) is 11.3 Å². The molecule has 0 aliphatic carbocycles. The number of thiazole rings is 1. The minimum absolute atomic E-state index is 0.151. The smallest absolute Gasteiger partial charge is 0.255 e. The van der Waals surface area contributed by atoms with Gasteiger partial charge in [0.1, 0.15) is 11.5 Å². The molecule has 1 heterocycles. The lowest BCUT2D eigenvalue weighted by molar-refractivity contribution is -0.115. The molecular formula is C27H25N3O4S2. The number of nitrogens with one attached hydrogen (secondary N) is 2. The number of thioether (sulfide) groups is 1. The zero-order chi connectivity index (χ0) is 25.5. The van der Waals surface area contributed by atoms with Gasteiger partial charge in [0.15, 0.2) is 5.13 Å². The number of anilines is 2. The van der Waals surface area contributed by atoms with Crippen molar-refractivity contribution in [2.24, 2.45) is 0 Å². The van der Waals surface area contributed by atoms with Crippen molar-refractivity contribution >= 4 is 45.7 Å². The van der Waals surface area contributed by atoms with Crippen molar-refractivity contribution in [2.45, 2.75) is 17.1 Å². The van der Waals surface area contributed by atoms with E-state index in [2.05, 4.69) is 15.6 Å². The highest BCUT2D eigenvalue weighted by Gasteiger charge is 2.17. The SMILES string of the molecule is COc1ccc(-c2csc(NC(=O)C(C)Sc3cccc(NC(=O)c4cccc(OC)c4)c3)n2)cc1. The third-order valence-electron chi connectivity index (χ3n) is 5.23. The second-order valence-corrected chi connectivity index (χ2v) is 10.0. The highest BCUT2D eigenvalue weighted by molar-refractivity contribution is 8.00. The summed E-state index contributed by atoms with van der Waals surface area (Å²) in [5, 5.41) is 7.86. The molecular weight excluding hydrogens is 494 g/mol. The maximum Gasteiger partial charge on any atom is 0.255 e. The second-order valence-electron chi connectivity index (χ2n) is 7.73. The quantitative estimate of drug-likeness (QED) is 0.256. The fraction of sp³-hybridized carbons (Fsp3) is 0.148. The van der Waals surface area contributed by atoms with Gasteiger partial charge >= 0.3 is 0 Å². The normalized spacial score (nSPS) is 11.4. The number of carbonyl (C=O) groups is 2. The van der Waals surface area contributed by atoms with Crippen molar-refractivity contribution in [1.82, 2.24) is 4.98 Å². The molecule has 3 aromatic carbocycles. The Hall–Kier alpha value is -3.82. The number of ether oxygens (including phenoxy) is 2. The zero-order valence-corrected chi connectivity index (χ0v) is 21.6. The summed E-state index contributed by atoms with van der Waals surface area (Å²) in [5.41, 5.74) is 2.88. The number of amides is 2. The standard InChI is InChI=1S/C27H25N3O4S2/c1-17(25(31)30-27-29-24(16-35-27)18-10-12-21(33-2)13-11-18)36-23-9-5-7-20(15-23)28-26(32)19-6-4-8-22(14-19)34-3/h4-17H,1-3H3,(H,28,32)(H,29,30,31). The van der Waals surface area contributed by atoms with Crippen LogP contribution in [0.4, 0.5) is 10.8 Å². The summed E-state index contributed by atoms with van der Waals surface area (Å²) in [6.07, 6.45) is 0. The van der Waals surface area contributed by atoms with E-state index in [9.17, 15) is 9.59 Å². The van der Waals surface area contributed by atoms with Gasteiger partial charge in [-0.1, -0.05) is 12.1 Å². The number of carbonyl (C=O) groups excluding carboxylic acids is 2. The van der Waals surface area contributed by atoms with Gasteiger partial charge in [-0.3, -0.25) is 9.59 Å². The number of benzene rings is 3. The summed E-state index contributed by atoms with van der Waals surface area (Å²) in [4.78, 5) is 30.8. The number of hydrogen-bond donors (Lipinski definition) is 2. The molecule has 36 heavy (non-hydrogen) atoms. The third kappa shape index (κ3) is 6.44. The number of aromatic nitrogens is 1. The van der Waals surface area contributed by atoms with Gasteiger partial charge in [-0.05, 0) is 67.6 Å². The van der Waals surface area contributed by atoms with Crippen LogP contribution in [0, 0.1) is 0 Å². The lowest BCUT2D eigenvalue weighted by atomic mass is 10.2. The van der Waals surface area contributed by atoms with Crippen LogP contribution in [0.1, 0.15) is 17.3 Å². The first-order valence-electron chi connectivity index (χ1n) is 11.1. The van der Waals surface area contributed by atoms with E-state index in [1.54, 1.807) is 38.5 Å². The molecule has 0 fully saturated rings. The van der Waals surface area contributed by atoms with Gasteiger partial charge in [0, 0.05) is 27.1 Å². The Bertz CT molecular complexity index is 1360. The average molecular weight is 520 g/mol. The molecule has 184 valence electrons. The summed E-state index contributed by atoms with van der Waals surface area (Å²) in [6, 6.07) is 22.0. The van der Waals surface area contributed by atoms with E-state index in [0.29, 0.717) is 22.1 Å². The average Bonchev–Trinajstić information content (AvgIpc) is 3.37. The summed E-state index contributed by atoms with van der Waals surface area (Å²) in [5.74, 6) is 1.00. The molecule has 0 aliphatic rings. The molecule has 0 bridgehead atoms. The maximum absolute atomic E-state index is 12.8. The van der Waals surface area contributed by atoms with Crippen LogP contribution in [-0.2, 0) is 4.79 Å². The number of nitrogens with zero attached hydrogens (tertiary/aromatic N) is 1. The third-order valence-corrected chi connectivity index (χ3v) is 7.08. The Morgan fingerprint density at radius 3 is 2.42 bits per heavy atom. The number of methoxy groups -OCH3 is 2. The van der Waals surface area contributed by atoms with E-state index in [0.717, 1.165) is 21.9 Å². The number of rotatable bonds is 9. The molecule has 1 unspecified atom stereocenters. The van der Waals surface area contributed by atoms with Gasteiger partial charge in [0.25, 0.3) is 5.91 Å². The van der Waals surface area contributed by atoms with Crippen molar-refractivity contribution in [3.8, 4) is 22.8 Å². The molecule has 0 radical (unpaired) electrons. The molecule has 0 saturated heterocycles. The van der Waals surface area contributed by atoms with Crippen molar-refractivity contribution in [3.63, 3.8) is 0 Å². The maximum atomic E-state index is 12.8. The van der Waals surface area contributed by atoms with Crippen LogP contribution in [0.3, 0.4) is 0 Å². The van der Waals surface area contributed by atoms with Gasteiger partial charge in [-0.25, -0.2) is 4.98 Å². The monoisotopic (exact) mass is 519 g/mol. The van der Waals surface area contributed by atoms with Crippen LogP contribution >= 0.6 is 23.1 Å². The first-order valence-corrected chi connectivity index (χ1v) is 12.8. The van der Waals surface area contributed by atoms with E-state index in [4.69, 9.17) is 9.47 Å². The summed E-state index contributed by atoms with van der Waals surface area (Å²) in [7, 11) is 3.18. The molecule has 0 spiro atoms. The molecule has 1 aromatic heterocycles. The van der Waals surface area contributed by atoms with Crippen LogP contribution in [0.2, 0.25) is 0 Å². The van der Waals surface area contributed by atoms with Crippen molar-refractivity contribution in [3.05, 3.63) is 83.7 Å². The van der Waals surface area contributed by atoms with Gasteiger partial charge in [0.2, 0.25) is 5.91 Å². The summed E-state index contributed by atoms with van der Waals surface area (Å²) in [6.45, 7) is 1.83. The molecule has 2 amide bonds. The van der Waals surface area contributed by atoms with Gasteiger partial charge < -0.3 is 20.1 Å². The highest BCUT2D eigenvalue weighted by Crippen LogP contribution is 2.29. The molecule has 7 nitrogen and oxygen atoms in total. The second kappa shape index (κ2) is 11.7. The predicted molar refractivity (Wildman–Crippen MR) is 145 cm³/mol. The molecule has 4 aromatic rings. The topological polar surface area (TPSA) is 89.6 Å². The lowest BCUT2D eigenvalue weighted by Crippen LogP contribution is -2.22. The minimum atomic E-state index is -0.373. The molecule has 0 aliphatic heterocycles. The Labute approximate surface area is 217 Å². The zero-order valence-electron chi connectivity index (χ0n) is 20.0. The molecule has 0 saturated carbocycles. The van der Waals surface area contributed by atoms with Gasteiger partial charge in [-0.15, -0.1) is 23.1 Å². The Morgan fingerprint density at radius 1 is 0.917 bits per heavy atom. The van der Waals surface area contributed by atoms with E-state index < -0.39 is 0 Å². The van der Waals surface area contributed by atoms with E-state index in [-0.39, 0.29) is 17.1 Å². The lowest BCUT2D eigenvalue weighted by Gasteiger charge is -2.12. The van der Waals surface area contributed by atoms with E-state index >= 15 is 0 Å². The molecule has 9 heteroatoms. The van der Waals surface area contributed by atoms with Crippen LogP contribution in [-0.4, -0.2) is 36.3 Å². The van der Waals surface area contributed by atoms with E-state index in [1.165, 1.54) is 23.1 Å². The fourth-order valence-electron chi connectivity index (χ4n) is 3.30. The van der Waals surface area contributed by atoms with Crippen molar-refractivity contribution in [1.29, 1.82) is 0 Å². The Morgan fingerprint density at radius 2 is 1.67 bits per heavy atom. The van der Waals surface area contributed by atoms with Crippen LogP contribution in [0.15, 0.2) is 83.1 Å². The molecule has 2 N–H and O–H groups in total. The fourth-order valence-corrected chi connectivity index (χ4v) is 4.95. The highest BCUT2D eigenvalue weighted by atomic mass is 32.2. The van der Waals surface area contributed by atoms with Gasteiger partial charge in [-0.2, -0.15) is 0 Å². The first kappa shape index (κ1) is 25.3. The minimum Gasteiger partial charge on any atom is -0.497 e. The number of hydrogen-bond acceptors (Lipinski definition) is 7. The van der Waals surface area contributed by atoms with Crippen molar-refractivity contribution in [2.75, 3.05) is 24.9 Å². The predicted octanol–water partition coefficient (Wildman–Crippen LogP) is 6.20. The van der Waals surface area contributed by atoms with Crippen LogP contribution < -0.4 is 20.1 Å². The van der Waals surface area contributed by atoms with E-state index in [1.807, 2.05) is 60.8 Å².